The molecule has 43 heavy (non-hydrogen) atoms. The Morgan fingerprint density at radius 3 is 1.63 bits per heavy atom. The van der Waals surface area contributed by atoms with Gasteiger partial charge in [0, 0.05) is 11.9 Å². The van der Waals surface area contributed by atoms with E-state index in [1.165, 1.54) is 0 Å². The Morgan fingerprint density at radius 2 is 1.07 bits per heavy atom. The molecular formula is C34H34CoN4O4-2. The van der Waals surface area contributed by atoms with Crippen molar-refractivity contribution in [3.63, 3.8) is 0 Å². The van der Waals surface area contributed by atoms with Crippen molar-refractivity contribution in [1.29, 1.82) is 0 Å². The Hall–Kier alpha value is -3.95. The Balaban J connectivity index is 0.00000423. The number of hydrogen-bond donors (Lipinski definition) is 0. The van der Waals surface area contributed by atoms with E-state index in [4.69, 9.17) is 19.9 Å². The van der Waals surface area contributed by atoms with Crippen LogP contribution in [0, 0.1) is 13.8 Å². The second-order valence-electron chi connectivity index (χ2n) is 11.0. The quantitative estimate of drug-likeness (QED) is 0.365. The van der Waals surface area contributed by atoms with Crippen LogP contribution in [0.25, 0.3) is 44.4 Å². The average Bonchev–Trinajstić information content (AvgIpc) is 3.59. The molecule has 0 amide bonds. The van der Waals surface area contributed by atoms with Gasteiger partial charge in [0.25, 0.3) is 0 Å². The summed E-state index contributed by atoms with van der Waals surface area (Å²) in [5.41, 5.74) is 13.8. The fourth-order valence-electron chi connectivity index (χ4n) is 6.05. The van der Waals surface area contributed by atoms with Gasteiger partial charge in [-0.15, -0.1) is 22.1 Å². The molecule has 1 radical (unpaired) electrons. The molecule has 0 atom stereocenters. The molecule has 5 rings (SSSR count). The average molecular weight is 622 g/mol. The number of fused-ring (bicyclic) bond motifs is 8. The summed E-state index contributed by atoms with van der Waals surface area (Å²) in [5, 5.41) is 22.8. The fourth-order valence-corrected chi connectivity index (χ4v) is 6.05. The van der Waals surface area contributed by atoms with Crippen LogP contribution in [0.3, 0.4) is 0 Å². The predicted octanol–water partition coefficient (Wildman–Crippen LogP) is 4.23. The molecule has 9 heteroatoms. The third-order valence-corrected chi connectivity index (χ3v) is 8.51. The second kappa shape index (κ2) is 12.7. The van der Waals surface area contributed by atoms with Gasteiger partial charge in [-0.05, 0) is 88.5 Å². The molecule has 2 aliphatic rings. The van der Waals surface area contributed by atoms with Gasteiger partial charge in [0.05, 0.1) is 22.8 Å². The monoisotopic (exact) mass is 621 g/mol. The van der Waals surface area contributed by atoms with Crippen LogP contribution >= 0.6 is 0 Å². The van der Waals surface area contributed by atoms with Crippen molar-refractivity contribution >= 4 is 56.3 Å². The molecule has 3 aromatic rings. The summed E-state index contributed by atoms with van der Waals surface area (Å²) in [6, 6.07) is 7.83. The molecule has 8 nitrogen and oxygen atoms in total. The third-order valence-electron chi connectivity index (χ3n) is 8.51. The zero-order chi connectivity index (χ0) is 30.3. The molecule has 0 fully saturated rings. The fraction of sp³-hybridized carbons (Fsp3) is 0.353. The number of carboxylic acid groups (broad SMARTS) is 2. The van der Waals surface area contributed by atoms with Crippen LogP contribution in [0.15, 0.2) is 24.3 Å². The summed E-state index contributed by atoms with van der Waals surface area (Å²) >= 11 is 0. The van der Waals surface area contributed by atoms with Crippen molar-refractivity contribution in [2.24, 2.45) is 0 Å². The molecule has 0 unspecified atom stereocenters. The number of aryl methyl sites for hydroxylation is 4. The van der Waals surface area contributed by atoms with Gasteiger partial charge < -0.3 is 29.8 Å². The maximum Gasteiger partial charge on any atom is 2.00 e. The Labute approximate surface area is 261 Å². The van der Waals surface area contributed by atoms with Crippen LogP contribution in [0.2, 0.25) is 0 Å². The zero-order valence-corrected chi connectivity index (χ0v) is 26.3. The van der Waals surface area contributed by atoms with E-state index < -0.39 is 11.9 Å². The molecule has 5 heterocycles. The minimum absolute atomic E-state index is 0. The Morgan fingerprint density at radius 1 is 0.628 bits per heavy atom. The van der Waals surface area contributed by atoms with Gasteiger partial charge in [-0.2, -0.15) is 0 Å². The Kier molecular flexibility index (Phi) is 9.46. The normalized spacial score (nSPS) is 13.0. The maximum atomic E-state index is 11.4. The first-order valence-electron chi connectivity index (χ1n) is 14.5. The van der Waals surface area contributed by atoms with Crippen molar-refractivity contribution in [2.45, 2.75) is 80.1 Å². The summed E-state index contributed by atoms with van der Waals surface area (Å²) < 4.78 is 0. The number of carbonyl (C=O) groups excluding carboxylic acids is 2. The summed E-state index contributed by atoms with van der Waals surface area (Å²) in [4.78, 5) is 42.7. The van der Waals surface area contributed by atoms with Crippen LogP contribution in [-0.2, 0) is 39.2 Å². The molecule has 0 aliphatic carbocycles. The van der Waals surface area contributed by atoms with E-state index in [1.807, 2.05) is 32.0 Å². The number of aromatic nitrogens is 4. The van der Waals surface area contributed by atoms with Crippen LogP contribution in [0.4, 0.5) is 0 Å². The third kappa shape index (κ3) is 6.10. The molecule has 3 aromatic heterocycles. The Bertz CT molecular complexity index is 1860. The van der Waals surface area contributed by atoms with Gasteiger partial charge >= 0.3 is 16.8 Å². The molecule has 0 saturated carbocycles. The molecule has 8 bridgehead atoms. The SMILES string of the molecule is CCC1=C(C)c2cc3[n-]c(cc4nc(cc5[n-]c(cc1n2)c(C)c5CCC(=O)[O-])C(CCC(=O)[O-])=C4C)c(C)c3CC.[Co+2]. The summed E-state index contributed by atoms with van der Waals surface area (Å²) in [6.07, 6.45) is 1.82. The molecular weight excluding hydrogens is 587 g/mol. The van der Waals surface area contributed by atoms with Crippen LogP contribution in [0.5, 0.6) is 0 Å². The molecule has 225 valence electrons. The first-order valence-corrected chi connectivity index (χ1v) is 14.5. The van der Waals surface area contributed by atoms with E-state index in [0.29, 0.717) is 22.4 Å². The van der Waals surface area contributed by atoms with Gasteiger partial charge in [-0.1, -0.05) is 60.4 Å². The first-order chi connectivity index (χ1) is 20.0. The summed E-state index contributed by atoms with van der Waals surface area (Å²) in [7, 11) is 0. The second-order valence-corrected chi connectivity index (χ2v) is 11.0. The number of rotatable bonds is 8. The molecule has 0 aromatic carbocycles. The number of carboxylic acids is 2. The first kappa shape index (κ1) is 32.0. The number of carbonyl (C=O) groups is 2. The van der Waals surface area contributed by atoms with Crippen LogP contribution in [-0.4, -0.2) is 21.9 Å². The van der Waals surface area contributed by atoms with Gasteiger partial charge in [0.1, 0.15) is 0 Å². The van der Waals surface area contributed by atoms with Gasteiger partial charge in [0.2, 0.25) is 0 Å². The zero-order valence-electron chi connectivity index (χ0n) is 25.3. The van der Waals surface area contributed by atoms with Crippen molar-refractivity contribution in [3.8, 4) is 0 Å². The van der Waals surface area contributed by atoms with E-state index in [-0.39, 0.29) is 42.5 Å². The minimum atomic E-state index is -1.14. The molecule has 0 spiro atoms. The summed E-state index contributed by atoms with van der Waals surface area (Å²) in [6.45, 7) is 12.2. The molecule has 2 aliphatic heterocycles. The maximum absolute atomic E-state index is 11.4. The molecule has 0 saturated heterocycles. The van der Waals surface area contributed by atoms with Gasteiger partial charge in [-0.3, -0.25) is 0 Å². The van der Waals surface area contributed by atoms with Crippen LogP contribution in [0.1, 0.15) is 98.4 Å². The standard InChI is InChI=1S/C34H38N4O4.Co/c1-7-21-17(3)25-13-26-19(5)23(9-11-33(39)40)31(37-26)16-32-24(10-12-34(41)42)20(6)28(38-32)15-30-22(8-2)18(4)27(36-30)14-29(21)35-25;/h13-16H,7-12H2,1-6H3,(H4,35,36,37,38,39,40,41,42);/q;+2/p-4. The van der Waals surface area contributed by atoms with Gasteiger partial charge in [0.15, 0.2) is 0 Å². The van der Waals surface area contributed by atoms with Crippen molar-refractivity contribution < 1.29 is 36.6 Å². The minimum Gasteiger partial charge on any atom is -0.657 e. The van der Waals surface area contributed by atoms with E-state index in [0.717, 1.165) is 79.8 Å². The van der Waals surface area contributed by atoms with E-state index in [1.54, 1.807) is 0 Å². The number of allylic oxidation sites excluding steroid dienone is 4. The van der Waals surface area contributed by atoms with E-state index >= 15 is 0 Å². The van der Waals surface area contributed by atoms with Gasteiger partial charge in [-0.25, -0.2) is 9.97 Å². The van der Waals surface area contributed by atoms with Crippen LogP contribution < -0.4 is 20.2 Å². The molecule has 0 N–H and O–H groups in total. The topological polar surface area (TPSA) is 134 Å². The predicted molar refractivity (Wildman–Crippen MR) is 161 cm³/mol. The smallest absolute Gasteiger partial charge is 0.657 e. The van der Waals surface area contributed by atoms with E-state index in [9.17, 15) is 19.8 Å². The number of nitrogens with zero attached hydrogens (tertiary/aromatic N) is 4. The van der Waals surface area contributed by atoms with Crippen molar-refractivity contribution in [2.75, 3.05) is 0 Å². The summed E-state index contributed by atoms with van der Waals surface area (Å²) in [5.74, 6) is -2.27. The number of aliphatic carboxylic acids is 2. The van der Waals surface area contributed by atoms with Crippen molar-refractivity contribution in [3.05, 3.63) is 69.3 Å². The van der Waals surface area contributed by atoms with E-state index in [2.05, 4.69) is 33.8 Å². The largest absolute Gasteiger partial charge is 2.00 e. The van der Waals surface area contributed by atoms with Crippen molar-refractivity contribution in [1.82, 2.24) is 19.9 Å². The number of hydrogen-bond acceptors (Lipinski definition) is 6.